The van der Waals surface area contributed by atoms with E-state index < -0.39 is 5.60 Å². The minimum Gasteiger partial charge on any atom is -0.444 e. The highest BCUT2D eigenvalue weighted by molar-refractivity contribution is 5.78. The van der Waals surface area contributed by atoms with E-state index in [2.05, 4.69) is 5.32 Å². The molecule has 1 saturated heterocycles. The van der Waals surface area contributed by atoms with Gasteiger partial charge in [0.15, 0.2) is 0 Å². The number of hydrogen-bond donors (Lipinski definition) is 1. The lowest BCUT2D eigenvalue weighted by Crippen LogP contribution is -2.42. The Balaban J connectivity index is 2.40. The lowest BCUT2D eigenvalue weighted by molar-refractivity contribution is -0.130. The highest BCUT2D eigenvalue weighted by Gasteiger charge is 2.25. The molecule has 0 spiro atoms. The predicted molar refractivity (Wildman–Crippen MR) is 91.4 cm³/mol. The summed E-state index contributed by atoms with van der Waals surface area (Å²) in [4.78, 5) is 27.8. The Morgan fingerprint density at radius 1 is 1.17 bits per heavy atom. The van der Waals surface area contributed by atoms with Crippen molar-refractivity contribution in [3.8, 4) is 0 Å². The molecule has 6 heteroatoms. The van der Waals surface area contributed by atoms with Gasteiger partial charge in [0.25, 0.3) is 0 Å². The highest BCUT2D eigenvalue weighted by Crippen LogP contribution is 2.15. The Morgan fingerprint density at radius 3 is 2.39 bits per heavy atom. The van der Waals surface area contributed by atoms with Crippen LogP contribution in [0.3, 0.4) is 0 Å². The molecule has 1 fully saturated rings. The van der Waals surface area contributed by atoms with Crippen LogP contribution < -0.4 is 5.32 Å². The van der Waals surface area contributed by atoms with Crippen LogP contribution in [0.25, 0.3) is 0 Å². The van der Waals surface area contributed by atoms with Crippen molar-refractivity contribution in [2.24, 2.45) is 0 Å². The number of nitrogens with zero attached hydrogens (tertiary/aromatic N) is 2. The number of rotatable bonds is 5. The van der Waals surface area contributed by atoms with Crippen molar-refractivity contribution in [1.82, 2.24) is 15.1 Å². The molecule has 134 valence electrons. The van der Waals surface area contributed by atoms with E-state index in [0.717, 1.165) is 38.9 Å². The molecule has 1 heterocycles. The molecule has 1 unspecified atom stereocenters. The molecular formula is C17H33N3O3. The molecule has 0 aromatic carbocycles. The smallest absolute Gasteiger partial charge is 0.410 e. The lowest BCUT2D eigenvalue weighted by atomic mass is 10.1. The number of hydrogen-bond acceptors (Lipinski definition) is 4. The third kappa shape index (κ3) is 7.20. The standard InChI is InChI=1S/C17H33N3O3/c1-6-19(7-2)15(21)13-18-14-9-8-11-20(12-10-14)16(22)23-17(3,4)5/h14,18H,6-13H2,1-5H3. The van der Waals surface area contributed by atoms with E-state index in [1.807, 2.05) is 39.5 Å². The second-order valence-corrected chi connectivity index (χ2v) is 7.04. The van der Waals surface area contributed by atoms with Gasteiger partial charge in [0.05, 0.1) is 6.54 Å². The van der Waals surface area contributed by atoms with E-state index in [4.69, 9.17) is 4.74 Å². The summed E-state index contributed by atoms with van der Waals surface area (Å²) >= 11 is 0. The third-order valence-electron chi connectivity index (χ3n) is 4.04. The summed E-state index contributed by atoms with van der Waals surface area (Å²) in [7, 11) is 0. The molecule has 0 radical (unpaired) electrons. The van der Waals surface area contributed by atoms with Gasteiger partial charge >= 0.3 is 6.09 Å². The first-order chi connectivity index (χ1) is 10.8. The number of ether oxygens (including phenoxy) is 1. The van der Waals surface area contributed by atoms with Crippen LogP contribution in [-0.2, 0) is 9.53 Å². The Hall–Kier alpha value is -1.30. The quantitative estimate of drug-likeness (QED) is 0.841. The first-order valence-electron chi connectivity index (χ1n) is 8.76. The Bertz CT molecular complexity index is 389. The second kappa shape index (κ2) is 9.11. The maximum atomic E-state index is 12.1. The molecule has 1 aliphatic heterocycles. The lowest BCUT2D eigenvalue weighted by Gasteiger charge is -2.26. The SMILES string of the molecule is CCN(CC)C(=O)CNC1CCCN(C(=O)OC(C)(C)C)CC1. The van der Waals surface area contributed by atoms with Crippen LogP contribution in [0.2, 0.25) is 0 Å². The van der Waals surface area contributed by atoms with Gasteiger partial charge in [-0.05, 0) is 53.9 Å². The zero-order valence-corrected chi connectivity index (χ0v) is 15.4. The van der Waals surface area contributed by atoms with Gasteiger partial charge < -0.3 is 19.9 Å². The fourth-order valence-electron chi connectivity index (χ4n) is 2.73. The van der Waals surface area contributed by atoms with Gasteiger partial charge in [-0.1, -0.05) is 0 Å². The number of amides is 2. The van der Waals surface area contributed by atoms with E-state index in [-0.39, 0.29) is 18.0 Å². The van der Waals surface area contributed by atoms with Crippen LogP contribution in [0.5, 0.6) is 0 Å². The van der Waals surface area contributed by atoms with Crippen LogP contribution >= 0.6 is 0 Å². The minimum atomic E-state index is -0.461. The molecular weight excluding hydrogens is 294 g/mol. The van der Waals surface area contributed by atoms with E-state index >= 15 is 0 Å². The molecule has 0 bridgehead atoms. The topological polar surface area (TPSA) is 61.9 Å². The van der Waals surface area contributed by atoms with Gasteiger partial charge in [-0.15, -0.1) is 0 Å². The van der Waals surface area contributed by atoms with Crippen molar-refractivity contribution >= 4 is 12.0 Å². The van der Waals surface area contributed by atoms with E-state index in [9.17, 15) is 9.59 Å². The van der Waals surface area contributed by atoms with Gasteiger partial charge in [0.1, 0.15) is 5.60 Å². The molecule has 2 amide bonds. The number of nitrogens with one attached hydrogen (secondary N) is 1. The number of carbonyl (C=O) groups is 2. The zero-order chi connectivity index (χ0) is 17.5. The van der Waals surface area contributed by atoms with Crippen molar-refractivity contribution in [3.63, 3.8) is 0 Å². The first kappa shape index (κ1) is 19.7. The molecule has 0 aromatic rings. The Kier molecular flexibility index (Phi) is 7.82. The van der Waals surface area contributed by atoms with Gasteiger partial charge in [0.2, 0.25) is 5.91 Å². The fourth-order valence-corrected chi connectivity index (χ4v) is 2.73. The van der Waals surface area contributed by atoms with Crippen LogP contribution in [-0.4, -0.2) is 66.2 Å². The monoisotopic (exact) mass is 327 g/mol. The Morgan fingerprint density at radius 2 is 1.83 bits per heavy atom. The van der Waals surface area contributed by atoms with Crippen molar-refractivity contribution in [3.05, 3.63) is 0 Å². The summed E-state index contributed by atoms with van der Waals surface area (Å²) in [6, 6.07) is 0.280. The Labute approximate surface area is 140 Å². The summed E-state index contributed by atoms with van der Waals surface area (Å²) < 4.78 is 5.43. The normalized spacial score (nSPS) is 19.2. The third-order valence-corrected chi connectivity index (χ3v) is 4.04. The molecule has 1 aliphatic rings. The molecule has 1 N–H and O–H groups in total. The minimum absolute atomic E-state index is 0.142. The fraction of sp³-hybridized carbons (Fsp3) is 0.882. The van der Waals surface area contributed by atoms with Gasteiger partial charge in [0, 0.05) is 32.2 Å². The van der Waals surface area contributed by atoms with Crippen LogP contribution in [0.15, 0.2) is 0 Å². The van der Waals surface area contributed by atoms with Gasteiger partial charge in [-0.2, -0.15) is 0 Å². The summed E-state index contributed by atoms with van der Waals surface area (Å²) in [5.41, 5.74) is -0.461. The van der Waals surface area contributed by atoms with Crippen LogP contribution in [0, 0.1) is 0 Å². The molecule has 1 rings (SSSR count). The first-order valence-corrected chi connectivity index (χ1v) is 8.76. The van der Waals surface area contributed by atoms with Crippen LogP contribution in [0.4, 0.5) is 4.79 Å². The van der Waals surface area contributed by atoms with E-state index in [0.29, 0.717) is 13.1 Å². The average Bonchev–Trinajstić information content (AvgIpc) is 2.70. The molecule has 23 heavy (non-hydrogen) atoms. The average molecular weight is 327 g/mol. The van der Waals surface area contributed by atoms with E-state index in [1.54, 1.807) is 4.90 Å². The molecule has 0 saturated carbocycles. The van der Waals surface area contributed by atoms with Crippen molar-refractivity contribution in [2.75, 3.05) is 32.7 Å². The summed E-state index contributed by atoms with van der Waals surface area (Å²) in [5.74, 6) is 0.142. The van der Waals surface area contributed by atoms with E-state index in [1.165, 1.54) is 0 Å². The largest absolute Gasteiger partial charge is 0.444 e. The van der Waals surface area contributed by atoms with Crippen LogP contribution in [0.1, 0.15) is 53.9 Å². The summed E-state index contributed by atoms with van der Waals surface area (Å²) in [6.07, 6.45) is 2.52. The molecule has 6 nitrogen and oxygen atoms in total. The maximum Gasteiger partial charge on any atom is 0.410 e. The molecule has 0 aromatic heterocycles. The summed E-state index contributed by atoms with van der Waals surface area (Å²) in [6.45, 7) is 12.9. The zero-order valence-electron chi connectivity index (χ0n) is 15.4. The highest BCUT2D eigenvalue weighted by atomic mass is 16.6. The number of likely N-dealkylation sites (tertiary alicyclic amines) is 1. The second-order valence-electron chi connectivity index (χ2n) is 7.04. The predicted octanol–water partition coefficient (Wildman–Crippen LogP) is 2.23. The van der Waals surface area contributed by atoms with Gasteiger partial charge in [-0.25, -0.2) is 4.79 Å². The van der Waals surface area contributed by atoms with Crippen molar-refractivity contribution < 1.29 is 14.3 Å². The number of likely N-dealkylation sites (N-methyl/N-ethyl adjacent to an activating group) is 1. The maximum absolute atomic E-state index is 12.1. The van der Waals surface area contributed by atoms with Crippen molar-refractivity contribution in [2.45, 2.75) is 65.5 Å². The molecule has 1 atom stereocenters. The van der Waals surface area contributed by atoms with Crippen molar-refractivity contribution in [1.29, 1.82) is 0 Å². The van der Waals surface area contributed by atoms with Gasteiger partial charge in [-0.3, -0.25) is 4.79 Å². The summed E-state index contributed by atoms with van der Waals surface area (Å²) in [5, 5.41) is 3.35. The molecule has 0 aliphatic carbocycles. The number of carbonyl (C=O) groups excluding carboxylic acids is 2.